The van der Waals surface area contributed by atoms with Crippen molar-refractivity contribution < 1.29 is 13.2 Å². The highest BCUT2D eigenvalue weighted by Crippen LogP contribution is 2.41. The molecule has 5 rings (SSSR count). The molecule has 1 fully saturated rings. The standard InChI is InChI=1S/C24H29N3O3S/c1-30-18-5-8-22-21(15-18)20-9-12-25-24(23(20)26-22)10-13-27(14-11-24)16-17-3-6-19(7-4-17)31(2,28)29/h3-8,15,25-26H,9-14,16H2,1-2H3. The number of rotatable bonds is 4. The summed E-state index contributed by atoms with van der Waals surface area (Å²) >= 11 is 0. The van der Waals surface area contributed by atoms with Crippen molar-refractivity contribution in [3.8, 4) is 5.75 Å². The number of hydrogen-bond acceptors (Lipinski definition) is 5. The lowest BCUT2D eigenvalue weighted by molar-refractivity contribution is 0.121. The summed E-state index contributed by atoms with van der Waals surface area (Å²) in [5, 5.41) is 5.11. The minimum absolute atomic E-state index is 0.00349. The van der Waals surface area contributed by atoms with Crippen molar-refractivity contribution in [1.82, 2.24) is 15.2 Å². The van der Waals surface area contributed by atoms with E-state index in [0.717, 1.165) is 56.8 Å². The average molecular weight is 440 g/mol. The van der Waals surface area contributed by atoms with Crippen molar-refractivity contribution in [3.05, 3.63) is 59.3 Å². The number of ether oxygens (including phenoxy) is 1. The van der Waals surface area contributed by atoms with Gasteiger partial charge >= 0.3 is 0 Å². The number of fused-ring (bicyclic) bond motifs is 4. The molecule has 7 heteroatoms. The number of piperidine rings is 1. The fraction of sp³-hybridized carbons (Fsp3) is 0.417. The van der Waals surface area contributed by atoms with Gasteiger partial charge in [-0.2, -0.15) is 0 Å². The van der Waals surface area contributed by atoms with Crippen LogP contribution in [0.4, 0.5) is 0 Å². The van der Waals surface area contributed by atoms with Crippen LogP contribution in [0.25, 0.3) is 10.9 Å². The number of H-pyrrole nitrogens is 1. The zero-order chi connectivity index (χ0) is 21.6. The Hall–Kier alpha value is -2.35. The predicted octanol–water partition coefficient (Wildman–Crippen LogP) is 3.22. The van der Waals surface area contributed by atoms with Gasteiger partial charge in [-0.3, -0.25) is 4.90 Å². The average Bonchev–Trinajstić information content (AvgIpc) is 3.15. The van der Waals surface area contributed by atoms with Gasteiger partial charge in [0.05, 0.1) is 17.5 Å². The number of likely N-dealkylation sites (tertiary alicyclic amines) is 1. The summed E-state index contributed by atoms with van der Waals surface area (Å²) in [6.45, 7) is 3.83. The molecule has 0 atom stereocenters. The molecular formula is C24H29N3O3S. The second-order valence-electron chi connectivity index (χ2n) is 8.84. The first-order valence-electron chi connectivity index (χ1n) is 10.8. The molecule has 0 bridgehead atoms. The summed E-state index contributed by atoms with van der Waals surface area (Å²) in [7, 11) is -1.43. The van der Waals surface area contributed by atoms with Gasteiger partial charge in [0.25, 0.3) is 0 Å². The molecule has 2 N–H and O–H groups in total. The first-order chi connectivity index (χ1) is 14.9. The van der Waals surface area contributed by atoms with E-state index in [1.807, 2.05) is 18.2 Å². The Kier molecular flexibility index (Phi) is 5.07. The topological polar surface area (TPSA) is 74.4 Å². The molecule has 164 valence electrons. The van der Waals surface area contributed by atoms with E-state index in [-0.39, 0.29) is 5.54 Å². The highest BCUT2D eigenvalue weighted by molar-refractivity contribution is 7.90. The Morgan fingerprint density at radius 1 is 1.10 bits per heavy atom. The molecule has 2 aliphatic heterocycles. The summed E-state index contributed by atoms with van der Waals surface area (Å²) in [6.07, 6.45) is 4.37. The molecule has 0 aliphatic carbocycles. The van der Waals surface area contributed by atoms with E-state index in [9.17, 15) is 8.42 Å². The number of benzene rings is 2. The Balaban J connectivity index is 1.33. The number of nitrogens with zero attached hydrogens (tertiary/aromatic N) is 1. The van der Waals surface area contributed by atoms with Gasteiger partial charge < -0.3 is 15.0 Å². The fourth-order valence-electron chi connectivity index (χ4n) is 5.16. The molecule has 3 heterocycles. The Morgan fingerprint density at radius 2 is 1.84 bits per heavy atom. The largest absolute Gasteiger partial charge is 0.497 e. The van der Waals surface area contributed by atoms with Crippen LogP contribution in [0.2, 0.25) is 0 Å². The van der Waals surface area contributed by atoms with Gasteiger partial charge in [0.2, 0.25) is 0 Å². The molecule has 2 aliphatic rings. The van der Waals surface area contributed by atoms with E-state index in [4.69, 9.17) is 4.74 Å². The number of methoxy groups -OCH3 is 1. The van der Waals surface area contributed by atoms with Crippen molar-refractivity contribution in [2.45, 2.75) is 36.2 Å². The van der Waals surface area contributed by atoms with Crippen molar-refractivity contribution >= 4 is 20.7 Å². The minimum atomic E-state index is -3.15. The van der Waals surface area contributed by atoms with Crippen LogP contribution in [0.5, 0.6) is 5.75 Å². The quantitative estimate of drug-likeness (QED) is 0.653. The number of sulfone groups is 1. The summed E-state index contributed by atoms with van der Waals surface area (Å²) in [6, 6.07) is 13.6. The molecule has 2 aromatic carbocycles. The Labute approximate surface area is 183 Å². The van der Waals surface area contributed by atoms with E-state index in [1.165, 1.54) is 28.4 Å². The van der Waals surface area contributed by atoms with Gasteiger partial charge in [0.15, 0.2) is 9.84 Å². The predicted molar refractivity (Wildman–Crippen MR) is 122 cm³/mol. The zero-order valence-corrected chi connectivity index (χ0v) is 18.9. The summed E-state index contributed by atoms with van der Waals surface area (Å²) in [5.41, 5.74) is 5.11. The normalized spacial score (nSPS) is 18.9. The van der Waals surface area contributed by atoms with Crippen molar-refractivity contribution in [2.24, 2.45) is 0 Å². The smallest absolute Gasteiger partial charge is 0.175 e. The van der Waals surface area contributed by atoms with E-state index in [0.29, 0.717) is 4.90 Å². The van der Waals surface area contributed by atoms with Gasteiger partial charge in [-0.25, -0.2) is 8.42 Å². The first kappa shape index (κ1) is 20.5. The lowest BCUT2D eigenvalue weighted by Gasteiger charge is -2.45. The maximum Gasteiger partial charge on any atom is 0.175 e. The minimum Gasteiger partial charge on any atom is -0.497 e. The monoisotopic (exact) mass is 439 g/mol. The number of aromatic amines is 1. The van der Waals surface area contributed by atoms with E-state index < -0.39 is 9.84 Å². The van der Waals surface area contributed by atoms with Crippen molar-refractivity contribution in [1.29, 1.82) is 0 Å². The Bertz CT molecular complexity index is 1210. The van der Waals surface area contributed by atoms with Gasteiger partial charge in [-0.1, -0.05) is 12.1 Å². The van der Waals surface area contributed by atoms with Crippen LogP contribution in [0, 0.1) is 0 Å². The molecular weight excluding hydrogens is 410 g/mol. The second-order valence-corrected chi connectivity index (χ2v) is 10.9. The third-order valence-corrected chi connectivity index (χ3v) is 8.03. The van der Waals surface area contributed by atoms with Crippen LogP contribution in [-0.2, 0) is 28.3 Å². The lowest BCUT2D eigenvalue weighted by Crippen LogP contribution is -2.54. The maximum absolute atomic E-state index is 11.7. The zero-order valence-electron chi connectivity index (χ0n) is 18.1. The van der Waals surface area contributed by atoms with Gasteiger partial charge in [-0.05, 0) is 60.7 Å². The van der Waals surface area contributed by atoms with Gasteiger partial charge in [0.1, 0.15) is 5.75 Å². The van der Waals surface area contributed by atoms with Crippen molar-refractivity contribution in [2.75, 3.05) is 33.0 Å². The molecule has 0 saturated carbocycles. The summed E-state index contributed by atoms with van der Waals surface area (Å²) < 4.78 is 28.8. The van der Waals surface area contributed by atoms with Crippen LogP contribution in [0.1, 0.15) is 29.7 Å². The third-order valence-electron chi connectivity index (χ3n) is 6.90. The van der Waals surface area contributed by atoms with E-state index >= 15 is 0 Å². The highest BCUT2D eigenvalue weighted by Gasteiger charge is 2.41. The molecule has 1 spiro atoms. The van der Waals surface area contributed by atoms with Crippen LogP contribution in [0.3, 0.4) is 0 Å². The SMILES string of the molecule is COc1ccc2[nH]c3c(c2c1)CCNC31CCN(Cc2ccc(S(C)(=O)=O)cc2)CC1. The number of hydrogen-bond donors (Lipinski definition) is 2. The molecule has 0 unspecified atom stereocenters. The van der Waals surface area contributed by atoms with Crippen LogP contribution in [-0.4, -0.2) is 51.3 Å². The Morgan fingerprint density at radius 3 is 2.52 bits per heavy atom. The van der Waals surface area contributed by atoms with Crippen LogP contribution >= 0.6 is 0 Å². The molecule has 31 heavy (non-hydrogen) atoms. The molecule has 6 nitrogen and oxygen atoms in total. The highest BCUT2D eigenvalue weighted by atomic mass is 32.2. The summed E-state index contributed by atoms with van der Waals surface area (Å²) in [4.78, 5) is 6.56. The fourth-order valence-corrected chi connectivity index (χ4v) is 5.79. The van der Waals surface area contributed by atoms with E-state index in [1.54, 1.807) is 19.2 Å². The van der Waals surface area contributed by atoms with Gasteiger partial charge in [-0.15, -0.1) is 0 Å². The van der Waals surface area contributed by atoms with Gasteiger partial charge in [0, 0.05) is 49.0 Å². The van der Waals surface area contributed by atoms with Crippen LogP contribution < -0.4 is 10.1 Å². The molecule has 0 radical (unpaired) electrons. The third kappa shape index (κ3) is 3.75. The first-order valence-corrected chi connectivity index (χ1v) is 12.7. The van der Waals surface area contributed by atoms with Crippen LogP contribution in [0.15, 0.2) is 47.4 Å². The van der Waals surface area contributed by atoms with E-state index in [2.05, 4.69) is 27.3 Å². The molecule has 1 aromatic heterocycles. The second kappa shape index (κ2) is 7.65. The molecule has 0 amide bonds. The number of aromatic nitrogens is 1. The molecule has 1 saturated heterocycles. The summed E-state index contributed by atoms with van der Waals surface area (Å²) in [5.74, 6) is 0.901. The lowest BCUT2D eigenvalue weighted by atomic mass is 9.79. The van der Waals surface area contributed by atoms with Crippen molar-refractivity contribution in [3.63, 3.8) is 0 Å². The maximum atomic E-state index is 11.7. The number of nitrogens with one attached hydrogen (secondary N) is 2. The molecule has 3 aromatic rings.